The maximum absolute atomic E-state index is 8.63. The van der Waals surface area contributed by atoms with E-state index in [1.54, 1.807) is 0 Å². The second-order valence-corrected chi connectivity index (χ2v) is 4.61. The number of rotatable bonds is 12. The molecule has 0 aromatic heterocycles. The third-order valence-electron chi connectivity index (χ3n) is 2.90. The number of hydrogen-bond acceptors (Lipinski definition) is 1. The van der Waals surface area contributed by atoms with Crippen molar-refractivity contribution in [2.24, 2.45) is 0 Å². The first-order valence-corrected chi connectivity index (χ1v) is 7.34. The Hall–Kier alpha value is -0.560. The van der Waals surface area contributed by atoms with E-state index in [0.717, 1.165) is 12.8 Å². The molecule has 0 atom stereocenters. The van der Waals surface area contributed by atoms with E-state index in [4.69, 9.17) is 5.11 Å². The summed E-state index contributed by atoms with van der Waals surface area (Å²) in [4.78, 5) is 0. The Balaban J connectivity index is 3.03. The van der Waals surface area contributed by atoms with Crippen molar-refractivity contribution in [2.45, 2.75) is 71.1 Å². The van der Waals surface area contributed by atoms with Gasteiger partial charge in [0, 0.05) is 6.61 Å². The molecule has 0 aromatic carbocycles. The summed E-state index contributed by atoms with van der Waals surface area (Å²) >= 11 is 0. The van der Waals surface area contributed by atoms with Crippen LogP contribution in [-0.4, -0.2) is 11.7 Å². The van der Waals surface area contributed by atoms with Gasteiger partial charge in [0.15, 0.2) is 0 Å². The van der Waals surface area contributed by atoms with Gasteiger partial charge >= 0.3 is 0 Å². The summed E-state index contributed by atoms with van der Waals surface area (Å²) in [6.45, 7) is 2.52. The molecule has 0 spiro atoms. The number of hydrogen-bond donors (Lipinski definition) is 1. The third-order valence-corrected chi connectivity index (χ3v) is 2.90. The molecule has 0 rings (SSSR count). The summed E-state index contributed by atoms with van der Waals surface area (Å²) in [6.07, 6.45) is 21.4. The van der Waals surface area contributed by atoms with Crippen molar-refractivity contribution in [3.63, 3.8) is 0 Å². The van der Waals surface area contributed by atoms with E-state index in [-0.39, 0.29) is 0 Å². The van der Waals surface area contributed by atoms with Crippen molar-refractivity contribution in [3.05, 3.63) is 24.3 Å². The minimum atomic E-state index is 0.360. The molecule has 1 nitrogen and oxygen atoms in total. The van der Waals surface area contributed by atoms with Crippen molar-refractivity contribution >= 4 is 0 Å². The smallest absolute Gasteiger partial charge is 0.0431 e. The number of unbranched alkanes of at least 4 members (excludes halogenated alkanes) is 8. The van der Waals surface area contributed by atoms with Crippen LogP contribution >= 0.6 is 0 Å². The largest absolute Gasteiger partial charge is 0.396 e. The number of allylic oxidation sites excluding steroid dienone is 4. The molecule has 0 radical (unpaired) electrons. The van der Waals surface area contributed by atoms with Gasteiger partial charge in [0.1, 0.15) is 0 Å². The Kier molecular flexibility index (Phi) is 14.9. The highest BCUT2D eigenvalue weighted by Gasteiger charge is 1.91. The summed E-state index contributed by atoms with van der Waals surface area (Å²) in [5.74, 6) is 0. The lowest BCUT2D eigenvalue weighted by molar-refractivity contribution is 0.282. The molecule has 0 amide bonds. The van der Waals surface area contributed by atoms with Gasteiger partial charge < -0.3 is 5.11 Å². The van der Waals surface area contributed by atoms with Crippen LogP contribution in [-0.2, 0) is 0 Å². The van der Waals surface area contributed by atoms with Crippen LogP contribution in [0.4, 0.5) is 0 Å². The second kappa shape index (κ2) is 15.4. The zero-order chi connectivity index (χ0) is 12.6. The molecular formula is C16H30O. The van der Waals surface area contributed by atoms with Crippen LogP contribution in [0.1, 0.15) is 71.1 Å². The minimum Gasteiger partial charge on any atom is -0.396 e. The van der Waals surface area contributed by atoms with E-state index >= 15 is 0 Å². The molecule has 17 heavy (non-hydrogen) atoms. The first kappa shape index (κ1) is 16.4. The van der Waals surface area contributed by atoms with Gasteiger partial charge in [-0.2, -0.15) is 0 Å². The average molecular weight is 238 g/mol. The summed E-state index contributed by atoms with van der Waals surface area (Å²) in [7, 11) is 0. The first-order valence-electron chi connectivity index (χ1n) is 7.34. The normalized spacial score (nSPS) is 11.9. The monoisotopic (exact) mass is 238 g/mol. The number of aliphatic hydroxyl groups excluding tert-OH is 1. The summed E-state index contributed by atoms with van der Waals surface area (Å²) < 4.78 is 0. The summed E-state index contributed by atoms with van der Waals surface area (Å²) in [5, 5.41) is 8.63. The standard InChI is InChI=1S/C16H30O/c1-2-3-4-5-6-7-8-9-10-11-12-13-14-15-16-17/h3-6,17H,2,7-16H2,1H3/b4-3-,6-5+. The highest BCUT2D eigenvalue weighted by Crippen LogP contribution is 2.09. The molecule has 0 unspecified atom stereocenters. The van der Waals surface area contributed by atoms with Crippen LogP contribution in [0.5, 0.6) is 0 Å². The van der Waals surface area contributed by atoms with Crippen LogP contribution < -0.4 is 0 Å². The maximum atomic E-state index is 8.63. The fraction of sp³-hybridized carbons (Fsp3) is 0.750. The van der Waals surface area contributed by atoms with Crippen LogP contribution in [0, 0.1) is 0 Å². The lowest BCUT2D eigenvalue weighted by Crippen LogP contribution is -1.84. The maximum Gasteiger partial charge on any atom is 0.0431 e. The Bertz CT molecular complexity index is 182. The van der Waals surface area contributed by atoms with E-state index < -0.39 is 0 Å². The van der Waals surface area contributed by atoms with Crippen molar-refractivity contribution in [1.29, 1.82) is 0 Å². The van der Waals surface area contributed by atoms with Crippen molar-refractivity contribution in [2.75, 3.05) is 6.61 Å². The lowest BCUT2D eigenvalue weighted by Gasteiger charge is -2.00. The van der Waals surface area contributed by atoms with E-state index in [9.17, 15) is 0 Å². The molecule has 1 heteroatoms. The summed E-state index contributed by atoms with van der Waals surface area (Å²) in [5.41, 5.74) is 0. The van der Waals surface area contributed by atoms with Gasteiger partial charge in [-0.25, -0.2) is 0 Å². The molecule has 0 aromatic rings. The minimum absolute atomic E-state index is 0.360. The topological polar surface area (TPSA) is 20.2 Å². The fourth-order valence-electron chi connectivity index (χ4n) is 1.82. The van der Waals surface area contributed by atoms with Crippen LogP contribution in [0.25, 0.3) is 0 Å². The van der Waals surface area contributed by atoms with Crippen LogP contribution in [0.2, 0.25) is 0 Å². The molecule has 1 N–H and O–H groups in total. The highest BCUT2D eigenvalue weighted by atomic mass is 16.2. The molecule has 0 aliphatic rings. The first-order chi connectivity index (χ1) is 8.41. The third kappa shape index (κ3) is 15.4. The zero-order valence-corrected chi connectivity index (χ0v) is 11.5. The fourth-order valence-corrected chi connectivity index (χ4v) is 1.82. The Morgan fingerprint density at radius 3 is 1.82 bits per heavy atom. The van der Waals surface area contributed by atoms with Crippen molar-refractivity contribution in [1.82, 2.24) is 0 Å². The predicted octanol–water partition coefficient (Wildman–Crippen LogP) is 5.01. The van der Waals surface area contributed by atoms with E-state index in [2.05, 4.69) is 31.2 Å². The molecule has 0 saturated carbocycles. The Labute approximate surface area is 108 Å². The number of aliphatic hydroxyl groups is 1. The van der Waals surface area contributed by atoms with Crippen molar-refractivity contribution in [3.8, 4) is 0 Å². The molecule has 0 bridgehead atoms. The molecule has 0 heterocycles. The van der Waals surface area contributed by atoms with Gasteiger partial charge in [-0.1, -0.05) is 69.8 Å². The van der Waals surface area contributed by atoms with Gasteiger partial charge in [0.25, 0.3) is 0 Å². The molecule has 0 fully saturated rings. The van der Waals surface area contributed by atoms with Crippen molar-refractivity contribution < 1.29 is 5.11 Å². The SMILES string of the molecule is CC/C=C\C=C\CCCCCCCCCCO. The molecule has 0 aliphatic heterocycles. The van der Waals surface area contributed by atoms with Gasteiger partial charge in [-0.15, -0.1) is 0 Å². The van der Waals surface area contributed by atoms with E-state index in [0.29, 0.717) is 6.61 Å². The quantitative estimate of drug-likeness (QED) is 0.374. The summed E-state index contributed by atoms with van der Waals surface area (Å²) in [6, 6.07) is 0. The van der Waals surface area contributed by atoms with Crippen LogP contribution in [0.3, 0.4) is 0 Å². The molecule has 0 saturated heterocycles. The second-order valence-electron chi connectivity index (χ2n) is 4.61. The van der Waals surface area contributed by atoms with Crippen LogP contribution in [0.15, 0.2) is 24.3 Å². The van der Waals surface area contributed by atoms with Gasteiger partial charge in [-0.05, 0) is 25.7 Å². The van der Waals surface area contributed by atoms with E-state index in [1.165, 1.54) is 51.4 Å². The highest BCUT2D eigenvalue weighted by molar-refractivity contribution is 5.01. The Morgan fingerprint density at radius 1 is 0.706 bits per heavy atom. The van der Waals surface area contributed by atoms with E-state index in [1.807, 2.05) is 0 Å². The molecule has 100 valence electrons. The zero-order valence-electron chi connectivity index (χ0n) is 11.5. The van der Waals surface area contributed by atoms with Gasteiger partial charge in [-0.3, -0.25) is 0 Å². The predicted molar refractivity (Wildman–Crippen MR) is 77.2 cm³/mol. The lowest BCUT2D eigenvalue weighted by atomic mass is 10.1. The van der Waals surface area contributed by atoms with Gasteiger partial charge in [0.05, 0.1) is 0 Å². The Morgan fingerprint density at radius 2 is 1.24 bits per heavy atom. The van der Waals surface area contributed by atoms with Gasteiger partial charge in [0.2, 0.25) is 0 Å². The average Bonchev–Trinajstić information content (AvgIpc) is 2.35. The molecular weight excluding hydrogens is 208 g/mol. The molecule has 0 aliphatic carbocycles.